The fourth-order valence-electron chi connectivity index (χ4n) is 2.14. The first kappa shape index (κ1) is 15.1. The molecule has 23 heavy (non-hydrogen) atoms. The Morgan fingerprint density at radius 3 is 2.78 bits per heavy atom. The molecule has 0 saturated carbocycles. The van der Waals surface area contributed by atoms with E-state index in [1.54, 1.807) is 24.3 Å². The molecule has 0 aliphatic carbocycles. The van der Waals surface area contributed by atoms with Crippen LogP contribution in [0.4, 0.5) is 10.1 Å². The number of nitro benzene ring substituents is 1. The Hall–Kier alpha value is -2.80. The Balaban J connectivity index is 1.77. The average Bonchev–Trinajstić information content (AvgIpc) is 2.95. The van der Waals surface area contributed by atoms with Crippen LogP contribution in [0, 0.1) is 15.9 Å². The SMILES string of the molecule is O=C(OCc1ccccc1[N+](=O)[O-])c1cc2cc(F)ccc2s1. The molecule has 0 amide bonds. The number of benzene rings is 2. The smallest absolute Gasteiger partial charge is 0.348 e. The summed E-state index contributed by atoms with van der Waals surface area (Å²) < 4.78 is 19.1. The van der Waals surface area contributed by atoms with Crippen LogP contribution in [0.15, 0.2) is 48.5 Å². The van der Waals surface area contributed by atoms with Crippen LogP contribution in [0.2, 0.25) is 0 Å². The van der Waals surface area contributed by atoms with E-state index in [-0.39, 0.29) is 18.1 Å². The summed E-state index contributed by atoms with van der Waals surface area (Å²) in [5.74, 6) is -0.972. The van der Waals surface area contributed by atoms with Gasteiger partial charge < -0.3 is 4.74 Å². The number of para-hydroxylation sites is 1. The van der Waals surface area contributed by atoms with Crippen molar-refractivity contribution in [3.63, 3.8) is 0 Å². The summed E-state index contributed by atoms with van der Waals surface area (Å²) >= 11 is 1.18. The van der Waals surface area contributed by atoms with Gasteiger partial charge in [0.1, 0.15) is 17.3 Å². The molecule has 0 N–H and O–H groups in total. The van der Waals surface area contributed by atoms with E-state index in [2.05, 4.69) is 0 Å². The van der Waals surface area contributed by atoms with Gasteiger partial charge in [-0.05, 0) is 35.7 Å². The zero-order valence-electron chi connectivity index (χ0n) is 11.7. The van der Waals surface area contributed by atoms with E-state index in [9.17, 15) is 19.3 Å². The quantitative estimate of drug-likeness (QED) is 0.406. The Kier molecular flexibility index (Phi) is 4.03. The van der Waals surface area contributed by atoms with E-state index in [1.807, 2.05) is 0 Å². The lowest BCUT2D eigenvalue weighted by Gasteiger charge is -2.04. The summed E-state index contributed by atoms with van der Waals surface area (Å²) in [5, 5.41) is 11.5. The van der Waals surface area contributed by atoms with E-state index in [0.29, 0.717) is 15.8 Å². The Morgan fingerprint density at radius 1 is 1.22 bits per heavy atom. The van der Waals surface area contributed by atoms with Crippen molar-refractivity contribution in [1.82, 2.24) is 0 Å². The van der Waals surface area contributed by atoms with Crippen molar-refractivity contribution in [3.05, 3.63) is 74.9 Å². The van der Waals surface area contributed by atoms with Crippen LogP contribution in [0.1, 0.15) is 15.2 Å². The predicted octanol–water partition coefficient (Wildman–Crippen LogP) is 4.31. The minimum Gasteiger partial charge on any atom is -0.456 e. The number of nitrogens with zero attached hydrogens (tertiary/aromatic N) is 1. The third kappa shape index (κ3) is 3.19. The number of hydrogen-bond donors (Lipinski definition) is 0. The summed E-state index contributed by atoms with van der Waals surface area (Å²) in [5.41, 5.74) is 0.219. The fraction of sp³-hybridized carbons (Fsp3) is 0.0625. The first-order valence-electron chi connectivity index (χ1n) is 6.63. The lowest BCUT2D eigenvalue weighted by molar-refractivity contribution is -0.385. The molecule has 3 aromatic rings. The fourth-order valence-corrected chi connectivity index (χ4v) is 3.08. The van der Waals surface area contributed by atoms with Crippen LogP contribution < -0.4 is 0 Å². The van der Waals surface area contributed by atoms with Gasteiger partial charge in [0.25, 0.3) is 5.69 Å². The molecular formula is C16H10FNO4S. The molecule has 1 aromatic heterocycles. The molecule has 0 saturated heterocycles. The second-order valence-electron chi connectivity index (χ2n) is 4.75. The summed E-state index contributed by atoms with van der Waals surface area (Å²) in [7, 11) is 0. The molecule has 0 aliphatic heterocycles. The maximum absolute atomic E-state index is 13.2. The normalized spacial score (nSPS) is 10.7. The van der Waals surface area contributed by atoms with Crippen molar-refractivity contribution in [2.24, 2.45) is 0 Å². The number of ether oxygens (including phenoxy) is 1. The van der Waals surface area contributed by atoms with Crippen LogP contribution in [0.25, 0.3) is 10.1 Å². The van der Waals surface area contributed by atoms with Crippen LogP contribution in [-0.4, -0.2) is 10.9 Å². The maximum Gasteiger partial charge on any atom is 0.348 e. The van der Waals surface area contributed by atoms with Gasteiger partial charge in [0.15, 0.2) is 0 Å². The molecule has 7 heteroatoms. The Morgan fingerprint density at radius 2 is 2.00 bits per heavy atom. The van der Waals surface area contributed by atoms with Gasteiger partial charge in [0.05, 0.1) is 10.5 Å². The Labute approximate surface area is 134 Å². The first-order valence-corrected chi connectivity index (χ1v) is 7.45. The van der Waals surface area contributed by atoms with Gasteiger partial charge in [-0.1, -0.05) is 12.1 Å². The second-order valence-corrected chi connectivity index (χ2v) is 5.84. The third-order valence-corrected chi connectivity index (χ3v) is 4.32. The number of fused-ring (bicyclic) bond motifs is 1. The van der Waals surface area contributed by atoms with Gasteiger partial charge in [0.2, 0.25) is 0 Å². The molecule has 0 radical (unpaired) electrons. The number of rotatable bonds is 4. The van der Waals surface area contributed by atoms with Gasteiger partial charge in [0, 0.05) is 10.8 Å². The van der Waals surface area contributed by atoms with Gasteiger partial charge in [-0.3, -0.25) is 10.1 Å². The molecular weight excluding hydrogens is 321 g/mol. The van der Waals surface area contributed by atoms with Gasteiger partial charge in [-0.25, -0.2) is 9.18 Å². The van der Waals surface area contributed by atoms with E-state index in [0.717, 1.165) is 4.70 Å². The summed E-state index contributed by atoms with van der Waals surface area (Å²) in [6.07, 6.45) is 0. The number of carbonyl (C=O) groups is 1. The van der Waals surface area contributed by atoms with Gasteiger partial charge in [-0.2, -0.15) is 0 Å². The lowest BCUT2D eigenvalue weighted by atomic mass is 10.2. The molecule has 0 atom stereocenters. The first-order chi connectivity index (χ1) is 11.0. The molecule has 116 valence electrons. The van der Waals surface area contributed by atoms with Crippen LogP contribution >= 0.6 is 11.3 Å². The third-order valence-electron chi connectivity index (χ3n) is 3.23. The van der Waals surface area contributed by atoms with Crippen molar-refractivity contribution in [3.8, 4) is 0 Å². The minimum absolute atomic E-state index is 0.0984. The highest BCUT2D eigenvalue weighted by atomic mass is 32.1. The molecule has 2 aromatic carbocycles. The molecule has 5 nitrogen and oxygen atoms in total. The van der Waals surface area contributed by atoms with E-state index < -0.39 is 10.9 Å². The van der Waals surface area contributed by atoms with Crippen molar-refractivity contribution < 1.29 is 18.8 Å². The summed E-state index contributed by atoms with van der Waals surface area (Å²) in [4.78, 5) is 22.8. The summed E-state index contributed by atoms with van der Waals surface area (Å²) in [6.45, 7) is -0.196. The van der Waals surface area contributed by atoms with Crippen molar-refractivity contribution in [1.29, 1.82) is 0 Å². The topological polar surface area (TPSA) is 69.4 Å². The monoisotopic (exact) mass is 331 g/mol. The molecule has 0 spiro atoms. The Bertz CT molecular complexity index is 906. The number of hydrogen-bond acceptors (Lipinski definition) is 5. The molecule has 1 heterocycles. The van der Waals surface area contributed by atoms with Gasteiger partial charge >= 0.3 is 5.97 Å². The molecule has 0 aliphatic rings. The van der Waals surface area contributed by atoms with E-state index in [1.165, 1.54) is 35.6 Å². The number of esters is 1. The van der Waals surface area contributed by atoms with Crippen LogP contribution in [0.3, 0.4) is 0 Å². The highest BCUT2D eigenvalue weighted by Gasteiger charge is 2.16. The van der Waals surface area contributed by atoms with Crippen molar-refractivity contribution >= 4 is 33.1 Å². The number of carbonyl (C=O) groups excluding carboxylic acids is 1. The van der Waals surface area contributed by atoms with Crippen molar-refractivity contribution in [2.75, 3.05) is 0 Å². The van der Waals surface area contributed by atoms with Crippen molar-refractivity contribution in [2.45, 2.75) is 6.61 Å². The number of halogens is 1. The largest absolute Gasteiger partial charge is 0.456 e. The van der Waals surface area contributed by atoms with E-state index >= 15 is 0 Å². The van der Waals surface area contributed by atoms with E-state index in [4.69, 9.17) is 4.74 Å². The predicted molar refractivity (Wildman–Crippen MR) is 84.0 cm³/mol. The lowest BCUT2D eigenvalue weighted by Crippen LogP contribution is -2.04. The highest BCUT2D eigenvalue weighted by molar-refractivity contribution is 7.20. The second kappa shape index (κ2) is 6.13. The summed E-state index contributed by atoms with van der Waals surface area (Å²) in [6, 6.07) is 11.9. The molecule has 3 rings (SSSR count). The standard InChI is InChI=1S/C16H10FNO4S/c17-12-5-6-14-11(7-12)8-15(23-14)16(19)22-9-10-3-1-2-4-13(10)18(20)21/h1-8H,9H2. The average molecular weight is 331 g/mol. The molecule has 0 bridgehead atoms. The molecule has 0 fully saturated rings. The van der Waals surface area contributed by atoms with Crippen LogP contribution in [-0.2, 0) is 11.3 Å². The number of nitro groups is 1. The van der Waals surface area contributed by atoms with Crippen LogP contribution in [0.5, 0.6) is 0 Å². The number of thiophene rings is 1. The van der Waals surface area contributed by atoms with Gasteiger partial charge in [-0.15, -0.1) is 11.3 Å². The zero-order chi connectivity index (χ0) is 16.4. The zero-order valence-corrected chi connectivity index (χ0v) is 12.5. The minimum atomic E-state index is -0.593. The maximum atomic E-state index is 13.2. The highest BCUT2D eigenvalue weighted by Crippen LogP contribution is 2.27. The molecule has 0 unspecified atom stereocenters.